The summed E-state index contributed by atoms with van der Waals surface area (Å²) >= 11 is 3.39. The normalized spacial score (nSPS) is 10.6. The lowest BCUT2D eigenvalue weighted by atomic mass is 10.3. The van der Waals surface area contributed by atoms with E-state index in [0.29, 0.717) is 5.56 Å². The number of hydrogen-bond donors (Lipinski definition) is 0. The summed E-state index contributed by atoms with van der Waals surface area (Å²) in [7, 11) is 1.36. The molecule has 0 radical (unpaired) electrons. The van der Waals surface area contributed by atoms with Crippen LogP contribution in [0.1, 0.15) is 16.2 Å². The van der Waals surface area contributed by atoms with Gasteiger partial charge >= 0.3 is 5.97 Å². The summed E-state index contributed by atoms with van der Waals surface area (Å²) in [6, 6.07) is 1.72. The number of esters is 1. The van der Waals surface area contributed by atoms with E-state index in [9.17, 15) is 4.79 Å². The van der Waals surface area contributed by atoms with Crippen LogP contribution in [0.15, 0.2) is 22.9 Å². The zero-order valence-electron chi connectivity index (χ0n) is 8.32. The zero-order chi connectivity index (χ0) is 11.0. The van der Waals surface area contributed by atoms with Gasteiger partial charge in [0.1, 0.15) is 5.82 Å². The number of hydrogen-bond acceptors (Lipinski definition) is 3. The number of carbonyl (C=O) groups is 1. The van der Waals surface area contributed by atoms with Crippen LogP contribution in [0.5, 0.6) is 0 Å². The van der Waals surface area contributed by atoms with Crippen LogP contribution in [0.2, 0.25) is 0 Å². The van der Waals surface area contributed by atoms with Crippen LogP contribution in [-0.4, -0.2) is 22.5 Å². The molecule has 0 saturated carbocycles. The first-order valence-corrected chi connectivity index (χ1v) is 5.14. The monoisotopic (exact) mass is 268 g/mol. The van der Waals surface area contributed by atoms with Gasteiger partial charge in [0.15, 0.2) is 0 Å². The van der Waals surface area contributed by atoms with Crippen molar-refractivity contribution in [3.8, 4) is 0 Å². The fraction of sp³-hybridized carbons (Fsp3) is 0.200. The number of pyridine rings is 1. The fourth-order valence-electron chi connectivity index (χ4n) is 1.41. The Labute approximate surface area is 95.0 Å². The maximum atomic E-state index is 11.4. The molecule has 2 heterocycles. The first-order valence-electron chi connectivity index (χ1n) is 4.35. The number of methoxy groups -OCH3 is 1. The van der Waals surface area contributed by atoms with Gasteiger partial charge in [0.05, 0.1) is 24.4 Å². The maximum Gasteiger partial charge on any atom is 0.339 e. The minimum atomic E-state index is -0.356. The Hall–Kier alpha value is -1.36. The van der Waals surface area contributed by atoms with Crippen LogP contribution in [0.25, 0.3) is 5.52 Å². The minimum Gasteiger partial charge on any atom is -0.465 e. The van der Waals surface area contributed by atoms with Gasteiger partial charge in [-0.15, -0.1) is 0 Å². The summed E-state index contributed by atoms with van der Waals surface area (Å²) in [5.41, 5.74) is 1.43. The predicted octanol–water partition coefficient (Wildman–Crippen LogP) is 2.19. The van der Waals surface area contributed by atoms with Gasteiger partial charge < -0.3 is 9.14 Å². The fourth-order valence-corrected chi connectivity index (χ4v) is 1.95. The number of fused-ring (bicyclic) bond motifs is 1. The number of ether oxygens (including phenoxy) is 1. The van der Waals surface area contributed by atoms with Crippen molar-refractivity contribution in [1.29, 1.82) is 0 Å². The van der Waals surface area contributed by atoms with E-state index in [-0.39, 0.29) is 5.97 Å². The molecule has 0 fully saturated rings. The van der Waals surface area contributed by atoms with Gasteiger partial charge in [0.2, 0.25) is 0 Å². The molecule has 0 bridgehead atoms. The Bertz CT molecular complexity index is 533. The summed E-state index contributed by atoms with van der Waals surface area (Å²) in [6.07, 6.45) is 3.47. The Balaban J connectivity index is 2.70. The Morgan fingerprint density at radius 1 is 1.60 bits per heavy atom. The lowest BCUT2D eigenvalue weighted by molar-refractivity contribution is 0.0600. The molecule has 0 amide bonds. The van der Waals surface area contributed by atoms with Gasteiger partial charge in [-0.2, -0.15) is 0 Å². The second-order valence-electron chi connectivity index (χ2n) is 3.13. The first kappa shape index (κ1) is 10.2. The Kier molecular flexibility index (Phi) is 2.48. The van der Waals surface area contributed by atoms with Crippen molar-refractivity contribution < 1.29 is 9.53 Å². The highest BCUT2D eigenvalue weighted by Gasteiger charge is 2.10. The highest BCUT2D eigenvalue weighted by atomic mass is 79.9. The van der Waals surface area contributed by atoms with Crippen molar-refractivity contribution >= 4 is 27.4 Å². The maximum absolute atomic E-state index is 11.4. The highest BCUT2D eigenvalue weighted by Crippen LogP contribution is 2.21. The molecule has 0 saturated heterocycles. The summed E-state index contributed by atoms with van der Waals surface area (Å²) in [5, 5.41) is 0. The molecule has 4 nitrogen and oxygen atoms in total. The molecule has 0 N–H and O–H groups in total. The van der Waals surface area contributed by atoms with E-state index >= 15 is 0 Å². The van der Waals surface area contributed by atoms with E-state index in [0.717, 1.165) is 15.8 Å². The molecule has 2 rings (SSSR count). The molecule has 78 valence electrons. The number of nitrogens with zero attached hydrogens (tertiary/aromatic N) is 2. The first-order chi connectivity index (χ1) is 7.13. The largest absolute Gasteiger partial charge is 0.465 e. The third-order valence-corrected chi connectivity index (χ3v) is 2.83. The highest BCUT2D eigenvalue weighted by molar-refractivity contribution is 9.10. The molecular weight excluding hydrogens is 260 g/mol. The Morgan fingerprint density at radius 2 is 2.33 bits per heavy atom. The lowest BCUT2D eigenvalue weighted by Crippen LogP contribution is -2.03. The Morgan fingerprint density at radius 3 is 3.00 bits per heavy atom. The lowest BCUT2D eigenvalue weighted by Gasteiger charge is -2.03. The molecule has 0 spiro atoms. The number of aryl methyl sites for hydroxylation is 1. The standard InChI is InChI=1S/C10H9BrN2O2/c1-6-12-4-9-8(11)3-7(5-13(6)9)10(14)15-2/h3-5H,1-2H3. The average molecular weight is 269 g/mol. The van der Waals surface area contributed by atoms with Crippen LogP contribution < -0.4 is 0 Å². The molecule has 15 heavy (non-hydrogen) atoms. The molecule has 0 aromatic carbocycles. The van der Waals surface area contributed by atoms with E-state index in [1.165, 1.54) is 7.11 Å². The van der Waals surface area contributed by atoms with Crippen LogP contribution in [0.3, 0.4) is 0 Å². The number of halogens is 1. The van der Waals surface area contributed by atoms with Crippen molar-refractivity contribution in [2.75, 3.05) is 7.11 Å². The number of rotatable bonds is 1. The third kappa shape index (κ3) is 1.63. The van der Waals surface area contributed by atoms with E-state index < -0.39 is 0 Å². The van der Waals surface area contributed by atoms with Crippen molar-refractivity contribution in [3.63, 3.8) is 0 Å². The smallest absolute Gasteiger partial charge is 0.339 e. The molecule has 0 atom stereocenters. The van der Waals surface area contributed by atoms with Crippen LogP contribution in [0, 0.1) is 6.92 Å². The van der Waals surface area contributed by atoms with Crippen molar-refractivity contribution in [2.24, 2.45) is 0 Å². The molecule has 0 aliphatic rings. The third-order valence-electron chi connectivity index (χ3n) is 2.20. The van der Waals surface area contributed by atoms with Crippen molar-refractivity contribution in [1.82, 2.24) is 9.38 Å². The van der Waals surface area contributed by atoms with E-state index in [2.05, 4.69) is 25.7 Å². The van der Waals surface area contributed by atoms with Gasteiger partial charge in [-0.05, 0) is 28.9 Å². The molecule has 0 aliphatic heterocycles. The predicted molar refractivity (Wildman–Crippen MR) is 59.0 cm³/mol. The molecule has 2 aromatic heterocycles. The zero-order valence-corrected chi connectivity index (χ0v) is 9.91. The van der Waals surface area contributed by atoms with Gasteiger partial charge in [-0.3, -0.25) is 0 Å². The van der Waals surface area contributed by atoms with Crippen LogP contribution in [0.4, 0.5) is 0 Å². The summed E-state index contributed by atoms with van der Waals surface area (Å²) in [4.78, 5) is 15.5. The van der Waals surface area contributed by atoms with Crippen molar-refractivity contribution in [3.05, 3.63) is 34.3 Å². The molecule has 0 aliphatic carbocycles. The second-order valence-corrected chi connectivity index (χ2v) is 3.98. The number of carbonyl (C=O) groups excluding carboxylic acids is 1. The number of imidazole rings is 1. The van der Waals surface area contributed by atoms with Crippen LogP contribution >= 0.6 is 15.9 Å². The number of aromatic nitrogens is 2. The topological polar surface area (TPSA) is 43.6 Å². The molecule has 0 unspecified atom stereocenters. The van der Waals surface area contributed by atoms with Gasteiger partial charge in [0.25, 0.3) is 0 Å². The summed E-state index contributed by atoms with van der Waals surface area (Å²) < 4.78 is 7.33. The average Bonchev–Trinajstić information content (AvgIpc) is 2.60. The van der Waals surface area contributed by atoms with Gasteiger partial charge in [-0.1, -0.05) is 0 Å². The molecule has 2 aromatic rings. The quantitative estimate of drug-likeness (QED) is 0.745. The SMILES string of the molecule is COC(=O)c1cc(Br)c2cnc(C)n2c1. The second kappa shape index (κ2) is 3.66. The van der Waals surface area contributed by atoms with E-state index in [4.69, 9.17) is 0 Å². The van der Waals surface area contributed by atoms with E-state index in [1.807, 2.05) is 11.3 Å². The summed E-state index contributed by atoms with van der Waals surface area (Å²) in [6.45, 7) is 1.88. The van der Waals surface area contributed by atoms with Crippen molar-refractivity contribution in [2.45, 2.75) is 6.92 Å². The summed E-state index contributed by atoms with van der Waals surface area (Å²) in [5.74, 6) is 0.474. The van der Waals surface area contributed by atoms with Gasteiger partial charge in [0, 0.05) is 10.7 Å². The molecular formula is C10H9BrN2O2. The van der Waals surface area contributed by atoms with E-state index in [1.54, 1.807) is 18.5 Å². The molecule has 5 heteroatoms. The van der Waals surface area contributed by atoms with Crippen LogP contribution in [-0.2, 0) is 4.74 Å². The van der Waals surface area contributed by atoms with Gasteiger partial charge in [-0.25, -0.2) is 9.78 Å². The minimum absolute atomic E-state index is 0.356.